The Morgan fingerprint density at radius 3 is 2.95 bits per heavy atom. The molecule has 0 aliphatic carbocycles. The van der Waals surface area contributed by atoms with Crippen LogP contribution < -0.4 is 10.1 Å². The summed E-state index contributed by atoms with van der Waals surface area (Å²) < 4.78 is 5.70. The van der Waals surface area contributed by atoms with Gasteiger partial charge in [-0.3, -0.25) is 4.98 Å². The minimum absolute atomic E-state index is 0.279. The molecule has 4 heteroatoms. The first-order valence-corrected chi connectivity index (χ1v) is 6.54. The van der Waals surface area contributed by atoms with Crippen LogP contribution in [0.5, 0.6) is 5.75 Å². The molecule has 2 N–H and O–H groups in total. The minimum atomic E-state index is -0.514. The SMILES string of the molecule is CC(C)NC[C@H](O)COc1cccc2cnccc12. The summed E-state index contributed by atoms with van der Waals surface area (Å²) >= 11 is 0. The third-order valence-electron chi connectivity index (χ3n) is 2.83. The molecule has 0 saturated heterocycles. The number of benzene rings is 1. The molecule has 1 aromatic heterocycles. The van der Waals surface area contributed by atoms with Gasteiger partial charge in [0, 0.05) is 35.8 Å². The van der Waals surface area contributed by atoms with Crippen LogP contribution in [0.15, 0.2) is 36.7 Å². The second kappa shape index (κ2) is 6.50. The number of hydrogen-bond donors (Lipinski definition) is 2. The van der Waals surface area contributed by atoms with Gasteiger partial charge in [0.1, 0.15) is 18.5 Å². The lowest BCUT2D eigenvalue weighted by Gasteiger charge is -2.15. The Kier molecular flexibility index (Phi) is 4.71. The Labute approximate surface area is 113 Å². The van der Waals surface area contributed by atoms with Crippen molar-refractivity contribution in [2.45, 2.75) is 26.0 Å². The van der Waals surface area contributed by atoms with Gasteiger partial charge in [-0.05, 0) is 12.1 Å². The lowest BCUT2D eigenvalue weighted by Crippen LogP contribution is -2.35. The Balaban J connectivity index is 1.98. The Bertz CT molecular complexity index is 523. The number of nitrogens with one attached hydrogen (secondary N) is 1. The van der Waals surface area contributed by atoms with Gasteiger partial charge in [-0.1, -0.05) is 26.0 Å². The smallest absolute Gasteiger partial charge is 0.127 e. The number of pyridine rings is 1. The van der Waals surface area contributed by atoms with Crippen LogP contribution >= 0.6 is 0 Å². The van der Waals surface area contributed by atoms with Crippen molar-refractivity contribution in [3.8, 4) is 5.75 Å². The first kappa shape index (κ1) is 13.8. The molecule has 0 aliphatic rings. The van der Waals surface area contributed by atoms with Crippen molar-refractivity contribution in [2.24, 2.45) is 0 Å². The third kappa shape index (κ3) is 3.91. The monoisotopic (exact) mass is 260 g/mol. The molecule has 2 aromatic rings. The Morgan fingerprint density at radius 1 is 1.32 bits per heavy atom. The molecule has 0 aliphatic heterocycles. The molecule has 1 heterocycles. The number of rotatable bonds is 6. The topological polar surface area (TPSA) is 54.4 Å². The quantitative estimate of drug-likeness (QED) is 0.834. The predicted molar refractivity (Wildman–Crippen MR) is 76.4 cm³/mol. The van der Waals surface area contributed by atoms with Crippen LogP contribution in [0.2, 0.25) is 0 Å². The molecule has 4 nitrogen and oxygen atoms in total. The molecular weight excluding hydrogens is 240 g/mol. The van der Waals surface area contributed by atoms with Crippen LogP contribution in [0.3, 0.4) is 0 Å². The minimum Gasteiger partial charge on any atom is -0.490 e. The molecule has 0 radical (unpaired) electrons. The highest BCUT2D eigenvalue weighted by Gasteiger charge is 2.07. The highest BCUT2D eigenvalue weighted by atomic mass is 16.5. The van der Waals surface area contributed by atoms with Crippen molar-refractivity contribution >= 4 is 10.8 Å². The van der Waals surface area contributed by atoms with Crippen LogP contribution in [0.4, 0.5) is 0 Å². The van der Waals surface area contributed by atoms with E-state index < -0.39 is 6.10 Å². The Morgan fingerprint density at radius 2 is 2.16 bits per heavy atom. The molecule has 0 unspecified atom stereocenters. The van der Waals surface area contributed by atoms with Crippen molar-refractivity contribution < 1.29 is 9.84 Å². The van der Waals surface area contributed by atoms with Gasteiger partial charge in [-0.25, -0.2) is 0 Å². The molecule has 19 heavy (non-hydrogen) atoms. The maximum absolute atomic E-state index is 9.83. The molecule has 0 spiro atoms. The van der Waals surface area contributed by atoms with Crippen molar-refractivity contribution in [3.05, 3.63) is 36.7 Å². The van der Waals surface area contributed by atoms with Crippen molar-refractivity contribution in [2.75, 3.05) is 13.2 Å². The van der Waals surface area contributed by atoms with Gasteiger partial charge in [0.05, 0.1) is 0 Å². The molecule has 0 bridgehead atoms. The first-order chi connectivity index (χ1) is 9.16. The van der Waals surface area contributed by atoms with Gasteiger partial charge in [-0.2, -0.15) is 0 Å². The third-order valence-corrected chi connectivity index (χ3v) is 2.83. The Hall–Kier alpha value is -1.65. The average Bonchev–Trinajstić information content (AvgIpc) is 2.42. The highest BCUT2D eigenvalue weighted by Crippen LogP contribution is 2.24. The van der Waals surface area contributed by atoms with E-state index in [9.17, 15) is 5.11 Å². The van der Waals surface area contributed by atoms with Crippen molar-refractivity contribution in [3.63, 3.8) is 0 Å². The van der Waals surface area contributed by atoms with E-state index in [1.165, 1.54) is 0 Å². The molecule has 1 atom stereocenters. The number of ether oxygens (including phenoxy) is 1. The summed E-state index contributed by atoms with van der Waals surface area (Å²) in [5, 5.41) is 15.1. The van der Waals surface area contributed by atoms with E-state index >= 15 is 0 Å². The van der Waals surface area contributed by atoms with Crippen LogP contribution in [0.1, 0.15) is 13.8 Å². The van der Waals surface area contributed by atoms with Crippen LogP contribution in [-0.2, 0) is 0 Å². The molecule has 1 aromatic carbocycles. The normalized spacial score (nSPS) is 12.8. The molecule has 0 saturated carbocycles. The van der Waals surface area contributed by atoms with Gasteiger partial charge in [-0.15, -0.1) is 0 Å². The molecule has 2 rings (SSSR count). The fourth-order valence-electron chi connectivity index (χ4n) is 1.84. The zero-order chi connectivity index (χ0) is 13.7. The number of nitrogens with zero attached hydrogens (tertiary/aromatic N) is 1. The highest BCUT2D eigenvalue weighted by molar-refractivity contribution is 5.87. The van der Waals surface area contributed by atoms with E-state index in [1.54, 1.807) is 12.4 Å². The zero-order valence-corrected chi connectivity index (χ0v) is 11.3. The summed E-state index contributed by atoms with van der Waals surface area (Å²) in [6, 6.07) is 8.11. The molecule has 0 amide bonds. The molecular formula is C15H20N2O2. The second-order valence-electron chi connectivity index (χ2n) is 4.88. The lowest BCUT2D eigenvalue weighted by molar-refractivity contribution is 0.105. The van der Waals surface area contributed by atoms with Gasteiger partial charge in [0.2, 0.25) is 0 Å². The molecule has 0 fully saturated rings. The fourth-order valence-corrected chi connectivity index (χ4v) is 1.84. The largest absolute Gasteiger partial charge is 0.490 e. The maximum Gasteiger partial charge on any atom is 0.127 e. The summed E-state index contributed by atoms with van der Waals surface area (Å²) in [4.78, 5) is 4.08. The van der Waals surface area contributed by atoms with E-state index in [4.69, 9.17) is 4.74 Å². The van der Waals surface area contributed by atoms with E-state index in [0.717, 1.165) is 16.5 Å². The van der Waals surface area contributed by atoms with Gasteiger partial charge in [0.15, 0.2) is 0 Å². The van der Waals surface area contributed by atoms with Gasteiger partial charge in [0.25, 0.3) is 0 Å². The number of fused-ring (bicyclic) bond motifs is 1. The van der Waals surface area contributed by atoms with Crippen LogP contribution in [0, 0.1) is 0 Å². The van der Waals surface area contributed by atoms with E-state index in [0.29, 0.717) is 12.6 Å². The summed E-state index contributed by atoms with van der Waals surface area (Å²) in [7, 11) is 0. The zero-order valence-electron chi connectivity index (χ0n) is 11.3. The van der Waals surface area contributed by atoms with Crippen molar-refractivity contribution in [1.82, 2.24) is 10.3 Å². The summed E-state index contributed by atoms with van der Waals surface area (Å²) in [6.07, 6.45) is 3.03. The fraction of sp³-hybridized carbons (Fsp3) is 0.400. The number of aromatic nitrogens is 1. The van der Waals surface area contributed by atoms with Crippen LogP contribution in [-0.4, -0.2) is 35.4 Å². The van der Waals surface area contributed by atoms with Gasteiger partial charge >= 0.3 is 0 Å². The van der Waals surface area contributed by atoms with E-state index in [-0.39, 0.29) is 6.61 Å². The molecule has 102 valence electrons. The van der Waals surface area contributed by atoms with E-state index in [1.807, 2.05) is 38.1 Å². The summed E-state index contributed by atoms with van der Waals surface area (Å²) in [5.41, 5.74) is 0. The summed E-state index contributed by atoms with van der Waals surface area (Å²) in [6.45, 7) is 4.90. The van der Waals surface area contributed by atoms with E-state index in [2.05, 4.69) is 10.3 Å². The number of hydrogen-bond acceptors (Lipinski definition) is 4. The summed E-state index contributed by atoms with van der Waals surface area (Å²) in [5.74, 6) is 0.781. The maximum atomic E-state index is 9.83. The first-order valence-electron chi connectivity index (χ1n) is 6.54. The second-order valence-corrected chi connectivity index (χ2v) is 4.88. The average molecular weight is 260 g/mol. The predicted octanol–water partition coefficient (Wildman–Crippen LogP) is 1.97. The standard InChI is InChI=1S/C15H20N2O2/c1-11(2)17-9-13(18)10-19-15-5-3-4-12-8-16-7-6-14(12)15/h3-8,11,13,17-18H,9-10H2,1-2H3/t13-/m0/s1. The number of aliphatic hydroxyl groups is 1. The van der Waals surface area contributed by atoms with Crippen LogP contribution in [0.25, 0.3) is 10.8 Å². The van der Waals surface area contributed by atoms with Crippen molar-refractivity contribution in [1.29, 1.82) is 0 Å². The number of aliphatic hydroxyl groups excluding tert-OH is 1. The van der Waals surface area contributed by atoms with Gasteiger partial charge < -0.3 is 15.2 Å². The lowest BCUT2D eigenvalue weighted by atomic mass is 10.1.